The second-order valence-electron chi connectivity index (χ2n) is 9.04. The molecule has 238 valence electrons. The number of hydrogen-bond acceptors (Lipinski definition) is 4. The lowest BCUT2D eigenvalue weighted by Gasteiger charge is -2.31. The molecule has 0 aliphatic carbocycles. The summed E-state index contributed by atoms with van der Waals surface area (Å²) in [5, 5.41) is 2.07. The van der Waals surface area contributed by atoms with Crippen LogP contribution in [0.4, 0.5) is 50.9 Å². The third-order valence-electron chi connectivity index (χ3n) is 6.36. The van der Waals surface area contributed by atoms with E-state index in [0.29, 0.717) is 11.1 Å². The predicted octanol–water partition coefficient (Wildman–Crippen LogP) is 8.58. The minimum atomic E-state index is -6.55. The molecule has 0 spiro atoms. The number of alkyl halides is 9. The molecule has 0 saturated carbocycles. The zero-order valence-corrected chi connectivity index (χ0v) is 24.4. The van der Waals surface area contributed by atoms with Crippen molar-refractivity contribution in [3.8, 4) is 11.5 Å². The van der Waals surface area contributed by atoms with Crippen LogP contribution in [0.25, 0.3) is 0 Å². The van der Waals surface area contributed by atoms with E-state index in [2.05, 4.69) is 26.0 Å². The van der Waals surface area contributed by atoms with Crippen LogP contribution in [0.5, 0.6) is 11.5 Å². The number of rotatable bonds is 9. The Hall–Kier alpha value is -3.95. The summed E-state index contributed by atoms with van der Waals surface area (Å²) in [6.07, 6.45) is -13.1. The van der Waals surface area contributed by atoms with Crippen LogP contribution in [-0.4, -0.2) is 44.4 Å². The van der Waals surface area contributed by atoms with E-state index >= 15 is 0 Å². The van der Waals surface area contributed by atoms with Gasteiger partial charge in [-0.25, -0.2) is 4.39 Å². The van der Waals surface area contributed by atoms with Gasteiger partial charge in [-0.3, -0.25) is 9.59 Å². The number of nitrogens with one attached hydrogen (secondary N) is 1. The van der Waals surface area contributed by atoms with Crippen molar-refractivity contribution in [1.29, 1.82) is 0 Å². The van der Waals surface area contributed by atoms with Gasteiger partial charge in [-0.2, -0.15) is 35.1 Å². The Balaban J connectivity index is 2.12. The maximum Gasteiger partial charge on any atom is 0.435 e. The monoisotopic (exact) mass is 700 g/mol. The molecule has 3 aromatic rings. The van der Waals surface area contributed by atoms with Gasteiger partial charge >= 0.3 is 24.6 Å². The number of nitrogens with zero attached hydrogens (tertiary/aromatic N) is 1. The standard InChI is InChI=1S/C28H22BrF9N2O4/c1-4-40(24(42)16-9-6-5-8-14(16)2)19-11-7-10-17(22(19)43-3)23(41)39-21-18(29)12-15(13-20(21)44-25(30)31)26(32,27(33,34)35)28(36,37)38/h5-13,25H,4H2,1-3H3,(H,39,41). The topological polar surface area (TPSA) is 67.9 Å². The normalized spacial score (nSPS) is 12.2. The van der Waals surface area contributed by atoms with Gasteiger partial charge in [0.25, 0.3) is 11.8 Å². The fourth-order valence-corrected chi connectivity index (χ4v) is 4.81. The number of halogens is 10. The van der Waals surface area contributed by atoms with Crippen LogP contribution in [0.3, 0.4) is 0 Å². The van der Waals surface area contributed by atoms with Crippen LogP contribution in [0.2, 0.25) is 0 Å². The van der Waals surface area contributed by atoms with Gasteiger partial charge in [0.2, 0.25) is 0 Å². The van der Waals surface area contributed by atoms with Gasteiger partial charge in [-0.1, -0.05) is 24.3 Å². The molecule has 0 aliphatic rings. The molecule has 0 atom stereocenters. The number of carbonyl (C=O) groups is 2. The first kappa shape index (κ1) is 34.5. The lowest BCUT2D eigenvalue weighted by molar-refractivity contribution is -0.348. The van der Waals surface area contributed by atoms with Crippen molar-refractivity contribution in [3.05, 3.63) is 81.3 Å². The van der Waals surface area contributed by atoms with Crippen molar-refractivity contribution in [3.63, 3.8) is 0 Å². The Morgan fingerprint density at radius 1 is 0.932 bits per heavy atom. The fourth-order valence-electron chi connectivity index (χ4n) is 4.27. The summed E-state index contributed by atoms with van der Waals surface area (Å²) in [4.78, 5) is 28.0. The first-order valence-electron chi connectivity index (χ1n) is 12.4. The van der Waals surface area contributed by atoms with Crippen LogP contribution in [0.15, 0.2) is 59.1 Å². The highest BCUT2D eigenvalue weighted by atomic mass is 79.9. The third kappa shape index (κ3) is 6.59. The molecule has 3 rings (SSSR count). The summed E-state index contributed by atoms with van der Waals surface area (Å²) in [5.74, 6) is -3.21. The molecule has 44 heavy (non-hydrogen) atoms. The summed E-state index contributed by atoms with van der Waals surface area (Å²) in [5.41, 5.74) is -8.18. The average Bonchev–Trinajstić information content (AvgIpc) is 2.93. The van der Waals surface area contributed by atoms with Gasteiger partial charge in [0.1, 0.15) is 0 Å². The Bertz CT molecular complexity index is 1530. The Labute approximate surface area is 252 Å². The molecule has 0 radical (unpaired) electrons. The number of para-hydroxylation sites is 1. The molecule has 0 aliphatic heterocycles. The first-order chi connectivity index (χ1) is 20.4. The maximum atomic E-state index is 14.7. The summed E-state index contributed by atoms with van der Waals surface area (Å²) >= 11 is 2.63. The molecule has 16 heteroatoms. The lowest BCUT2D eigenvalue weighted by Crippen LogP contribution is -2.50. The summed E-state index contributed by atoms with van der Waals surface area (Å²) in [6.45, 7) is -0.359. The van der Waals surface area contributed by atoms with Crippen LogP contribution in [0, 0.1) is 6.92 Å². The van der Waals surface area contributed by atoms with E-state index in [-0.39, 0.29) is 35.7 Å². The van der Waals surface area contributed by atoms with Gasteiger partial charge in [0.05, 0.1) is 24.0 Å². The number of aryl methyl sites for hydroxylation is 1. The van der Waals surface area contributed by atoms with Gasteiger partial charge in [-0.15, -0.1) is 0 Å². The Morgan fingerprint density at radius 2 is 1.52 bits per heavy atom. The summed E-state index contributed by atoms with van der Waals surface area (Å²) in [7, 11) is 1.16. The minimum absolute atomic E-state index is 0.0300. The van der Waals surface area contributed by atoms with E-state index < -0.39 is 57.9 Å². The molecule has 1 N–H and O–H groups in total. The minimum Gasteiger partial charge on any atom is -0.494 e. The molecule has 0 saturated heterocycles. The summed E-state index contributed by atoms with van der Waals surface area (Å²) < 4.78 is 130. The molecule has 2 amide bonds. The molecule has 6 nitrogen and oxygen atoms in total. The average molecular weight is 701 g/mol. The van der Waals surface area contributed by atoms with E-state index in [1.54, 1.807) is 38.1 Å². The van der Waals surface area contributed by atoms with Crippen molar-refractivity contribution in [2.75, 3.05) is 23.9 Å². The van der Waals surface area contributed by atoms with Crippen molar-refractivity contribution in [2.24, 2.45) is 0 Å². The molecule has 0 heterocycles. The smallest absolute Gasteiger partial charge is 0.435 e. The van der Waals surface area contributed by atoms with Gasteiger partial charge in [0, 0.05) is 22.1 Å². The fraction of sp³-hybridized carbons (Fsp3) is 0.286. The molecule has 0 fully saturated rings. The Kier molecular flexibility index (Phi) is 10.2. The number of ether oxygens (including phenoxy) is 2. The Morgan fingerprint density at radius 3 is 2.05 bits per heavy atom. The van der Waals surface area contributed by atoms with Gasteiger partial charge < -0.3 is 19.7 Å². The first-order valence-corrected chi connectivity index (χ1v) is 13.1. The van der Waals surface area contributed by atoms with Crippen LogP contribution in [0.1, 0.15) is 38.8 Å². The highest BCUT2D eigenvalue weighted by Gasteiger charge is 2.73. The zero-order chi connectivity index (χ0) is 33.2. The van der Waals surface area contributed by atoms with E-state index in [9.17, 15) is 49.1 Å². The molecule has 0 aromatic heterocycles. The van der Waals surface area contributed by atoms with Crippen molar-refractivity contribution < 1.29 is 58.6 Å². The molecule has 0 unspecified atom stereocenters. The van der Waals surface area contributed by atoms with Crippen LogP contribution >= 0.6 is 15.9 Å². The van der Waals surface area contributed by atoms with E-state index in [1.165, 1.54) is 23.1 Å². The molecular formula is C28H22BrF9N2O4. The van der Waals surface area contributed by atoms with Crippen molar-refractivity contribution >= 4 is 39.1 Å². The quantitative estimate of drug-likeness (QED) is 0.227. The number of methoxy groups -OCH3 is 1. The maximum absolute atomic E-state index is 14.7. The van der Waals surface area contributed by atoms with E-state index in [4.69, 9.17) is 4.74 Å². The number of amides is 2. The summed E-state index contributed by atoms with van der Waals surface area (Å²) in [6, 6.07) is 10.4. The highest BCUT2D eigenvalue weighted by Crippen LogP contribution is 2.55. The van der Waals surface area contributed by atoms with Gasteiger partial charge in [-0.05, 0) is 65.7 Å². The lowest BCUT2D eigenvalue weighted by atomic mass is 9.93. The zero-order valence-electron chi connectivity index (χ0n) is 22.8. The SMILES string of the molecule is CCN(C(=O)c1ccccc1C)c1cccc(C(=O)Nc2c(Br)cc(C(F)(C(F)(F)F)C(F)(F)F)cc2OC(F)F)c1OC. The molecule has 3 aromatic carbocycles. The highest BCUT2D eigenvalue weighted by molar-refractivity contribution is 9.10. The number of benzene rings is 3. The second-order valence-corrected chi connectivity index (χ2v) is 9.89. The molecule has 0 bridgehead atoms. The third-order valence-corrected chi connectivity index (χ3v) is 6.98. The van der Waals surface area contributed by atoms with E-state index in [0.717, 1.165) is 7.11 Å². The number of hydrogen-bond donors (Lipinski definition) is 1. The van der Waals surface area contributed by atoms with Gasteiger partial charge in [0.15, 0.2) is 11.5 Å². The number of anilines is 2. The van der Waals surface area contributed by atoms with E-state index in [1.807, 2.05) is 0 Å². The molecular weight excluding hydrogens is 679 g/mol. The second kappa shape index (κ2) is 13.0. The van der Waals surface area contributed by atoms with Crippen LogP contribution < -0.4 is 19.7 Å². The van der Waals surface area contributed by atoms with Crippen molar-refractivity contribution in [1.82, 2.24) is 0 Å². The van der Waals surface area contributed by atoms with Crippen LogP contribution in [-0.2, 0) is 5.67 Å². The largest absolute Gasteiger partial charge is 0.494 e. The van der Waals surface area contributed by atoms with Crippen molar-refractivity contribution in [2.45, 2.75) is 38.5 Å². The predicted molar refractivity (Wildman–Crippen MR) is 145 cm³/mol. The number of carbonyl (C=O) groups excluding carboxylic acids is 2.